The molecule has 3 heterocycles. The molecule has 0 spiro atoms. The van der Waals surface area contributed by atoms with E-state index in [0.29, 0.717) is 10.8 Å². The predicted octanol–water partition coefficient (Wildman–Crippen LogP) is 6.72. The number of carbonyl (C=O) groups is 1. The molecule has 7 heteroatoms. The van der Waals surface area contributed by atoms with Crippen LogP contribution in [0.3, 0.4) is 0 Å². The molecule has 0 aliphatic heterocycles. The summed E-state index contributed by atoms with van der Waals surface area (Å²) < 4.78 is 5.32. The molecule has 1 aliphatic rings. The Hall–Kier alpha value is -3.09. The number of hydrogen-bond donors (Lipinski definition) is 2. The summed E-state index contributed by atoms with van der Waals surface area (Å²) >= 11 is 7.84. The van der Waals surface area contributed by atoms with Crippen molar-refractivity contribution in [3.05, 3.63) is 99.4 Å². The molecule has 4 aromatic rings. The lowest BCUT2D eigenvalue weighted by Gasteiger charge is -2.24. The van der Waals surface area contributed by atoms with Gasteiger partial charge in [0.15, 0.2) is 5.76 Å². The first-order chi connectivity index (χ1) is 15.7. The van der Waals surface area contributed by atoms with Crippen LogP contribution in [-0.4, -0.2) is 10.9 Å². The summed E-state index contributed by atoms with van der Waals surface area (Å²) in [7, 11) is 0. The number of aromatic nitrogens is 1. The quantitative estimate of drug-likeness (QED) is 0.333. The van der Waals surface area contributed by atoms with Gasteiger partial charge < -0.3 is 15.1 Å². The molecule has 0 saturated heterocycles. The lowest BCUT2D eigenvalue weighted by atomic mass is 9.89. The fourth-order valence-corrected chi connectivity index (χ4v) is 5.58. The van der Waals surface area contributed by atoms with Gasteiger partial charge >= 0.3 is 0 Å². The number of hydrogen-bond acceptors (Lipinski definition) is 5. The van der Waals surface area contributed by atoms with Gasteiger partial charge in [-0.25, -0.2) is 4.98 Å². The first-order valence-corrected chi connectivity index (χ1v) is 11.8. The van der Waals surface area contributed by atoms with Crippen molar-refractivity contribution >= 4 is 39.7 Å². The van der Waals surface area contributed by atoms with Gasteiger partial charge in [-0.3, -0.25) is 4.79 Å². The summed E-state index contributed by atoms with van der Waals surface area (Å²) in [6.45, 7) is 0. The highest BCUT2D eigenvalue weighted by atomic mass is 35.5. The van der Waals surface area contributed by atoms with E-state index in [2.05, 4.69) is 15.6 Å². The molecule has 162 valence electrons. The minimum atomic E-state index is -0.248. The molecule has 5 nitrogen and oxygen atoms in total. The van der Waals surface area contributed by atoms with Crippen molar-refractivity contribution in [3.63, 3.8) is 0 Å². The van der Waals surface area contributed by atoms with Crippen LogP contribution in [0.15, 0.2) is 71.5 Å². The van der Waals surface area contributed by atoms with Crippen LogP contribution < -0.4 is 10.6 Å². The summed E-state index contributed by atoms with van der Waals surface area (Å²) in [5.74, 6) is 0.817. The number of pyridine rings is 1. The van der Waals surface area contributed by atoms with Gasteiger partial charge in [-0.2, -0.15) is 0 Å². The second-order valence-electron chi connectivity index (χ2n) is 7.73. The summed E-state index contributed by atoms with van der Waals surface area (Å²) in [5, 5.41) is 8.24. The van der Waals surface area contributed by atoms with Crippen molar-refractivity contribution in [3.8, 4) is 0 Å². The number of thiophene rings is 1. The Labute approximate surface area is 195 Å². The van der Waals surface area contributed by atoms with E-state index in [1.54, 1.807) is 29.7 Å². The highest BCUT2D eigenvalue weighted by Crippen LogP contribution is 2.44. The maximum absolute atomic E-state index is 12.9. The average molecular weight is 464 g/mol. The van der Waals surface area contributed by atoms with Gasteiger partial charge in [0.1, 0.15) is 10.8 Å². The van der Waals surface area contributed by atoms with Crippen LogP contribution in [-0.2, 0) is 12.8 Å². The number of nitrogens with zero attached hydrogens (tertiary/aromatic N) is 1. The van der Waals surface area contributed by atoms with E-state index in [4.69, 9.17) is 16.0 Å². The Balaban J connectivity index is 1.61. The highest BCUT2D eigenvalue weighted by molar-refractivity contribution is 7.16. The molecule has 5 rings (SSSR count). The third kappa shape index (κ3) is 4.29. The number of anilines is 2. The molecule has 0 saturated carbocycles. The van der Waals surface area contributed by atoms with Crippen LogP contribution in [0, 0.1) is 0 Å². The normalized spacial score (nSPS) is 13.9. The van der Waals surface area contributed by atoms with E-state index in [-0.39, 0.29) is 11.9 Å². The van der Waals surface area contributed by atoms with Crippen molar-refractivity contribution in [2.75, 3.05) is 10.6 Å². The van der Waals surface area contributed by atoms with E-state index < -0.39 is 0 Å². The summed E-state index contributed by atoms with van der Waals surface area (Å²) in [6.07, 6.45) is 7.60. The van der Waals surface area contributed by atoms with Gasteiger partial charge in [0.25, 0.3) is 5.91 Å². The predicted molar refractivity (Wildman–Crippen MR) is 129 cm³/mol. The Kier molecular flexibility index (Phi) is 5.97. The second kappa shape index (κ2) is 9.18. The molecular weight excluding hydrogens is 442 g/mol. The van der Waals surface area contributed by atoms with Crippen LogP contribution in [0.4, 0.5) is 10.8 Å². The highest BCUT2D eigenvalue weighted by Gasteiger charge is 2.29. The number of furan rings is 1. The van der Waals surface area contributed by atoms with E-state index in [9.17, 15) is 4.79 Å². The number of nitrogens with one attached hydrogen (secondary N) is 2. The fraction of sp³-hybridized carbons (Fsp3) is 0.200. The molecule has 2 N–H and O–H groups in total. The van der Waals surface area contributed by atoms with E-state index >= 15 is 0 Å². The SMILES string of the molecule is O=C(Nc1sc2c(c1[C@H](Nc1ccccn1)c1ccc(Cl)cc1)CCCC2)c1ccco1. The Morgan fingerprint density at radius 3 is 2.66 bits per heavy atom. The van der Waals surface area contributed by atoms with Gasteiger partial charge in [-0.05, 0) is 73.2 Å². The number of carbonyl (C=O) groups excluding carboxylic acids is 1. The lowest BCUT2D eigenvalue weighted by Crippen LogP contribution is -2.18. The van der Waals surface area contributed by atoms with Crippen molar-refractivity contribution in [2.45, 2.75) is 31.7 Å². The minimum Gasteiger partial charge on any atom is -0.459 e. The fourth-order valence-electron chi connectivity index (χ4n) is 4.13. The molecule has 1 amide bonds. The first-order valence-electron chi connectivity index (χ1n) is 10.6. The number of benzene rings is 1. The first kappa shape index (κ1) is 20.8. The number of halogens is 1. The molecule has 3 aromatic heterocycles. The van der Waals surface area contributed by atoms with Gasteiger partial charge in [-0.15, -0.1) is 11.3 Å². The van der Waals surface area contributed by atoms with Crippen LogP contribution in [0.5, 0.6) is 0 Å². The van der Waals surface area contributed by atoms with Crippen molar-refractivity contribution < 1.29 is 9.21 Å². The summed E-state index contributed by atoms with van der Waals surface area (Å²) in [6, 6.07) is 16.8. The minimum absolute atomic E-state index is 0.188. The summed E-state index contributed by atoms with van der Waals surface area (Å²) in [4.78, 5) is 18.7. The molecule has 1 aromatic carbocycles. The molecule has 32 heavy (non-hydrogen) atoms. The van der Waals surface area contributed by atoms with Gasteiger partial charge in [-0.1, -0.05) is 29.8 Å². The largest absolute Gasteiger partial charge is 0.459 e. The Morgan fingerprint density at radius 1 is 1.06 bits per heavy atom. The maximum atomic E-state index is 12.9. The Bertz CT molecular complexity index is 1200. The van der Waals surface area contributed by atoms with Crippen LogP contribution in [0.2, 0.25) is 5.02 Å². The maximum Gasteiger partial charge on any atom is 0.291 e. The zero-order valence-corrected chi connectivity index (χ0v) is 18.9. The molecule has 0 bridgehead atoms. The average Bonchev–Trinajstić information content (AvgIpc) is 3.47. The Morgan fingerprint density at radius 2 is 1.91 bits per heavy atom. The smallest absolute Gasteiger partial charge is 0.291 e. The van der Waals surface area contributed by atoms with Crippen LogP contribution in [0.1, 0.15) is 51.0 Å². The molecular formula is C25H22ClN3O2S. The third-order valence-electron chi connectivity index (χ3n) is 5.63. The number of aryl methyl sites for hydroxylation is 1. The topological polar surface area (TPSA) is 67.2 Å². The van der Waals surface area contributed by atoms with Gasteiger partial charge in [0.2, 0.25) is 0 Å². The van der Waals surface area contributed by atoms with Crippen LogP contribution >= 0.6 is 22.9 Å². The zero-order chi connectivity index (χ0) is 21.9. The third-order valence-corrected chi connectivity index (χ3v) is 7.11. The molecule has 0 fully saturated rings. The number of fused-ring (bicyclic) bond motifs is 1. The van der Waals surface area contributed by atoms with Crippen molar-refractivity contribution in [1.82, 2.24) is 4.98 Å². The number of rotatable bonds is 6. The standard InChI is InChI=1S/C25H22ClN3O2S/c26-17-12-10-16(11-13-17)23(28-21-9-3-4-14-27-21)22-18-6-1-2-8-20(18)32-25(22)29-24(30)19-7-5-15-31-19/h3-5,7,9-15,23H,1-2,6,8H2,(H,27,28)(H,29,30)/t23-/m1/s1. The monoisotopic (exact) mass is 463 g/mol. The van der Waals surface area contributed by atoms with E-state index in [0.717, 1.165) is 47.6 Å². The van der Waals surface area contributed by atoms with Crippen molar-refractivity contribution in [1.29, 1.82) is 0 Å². The number of amides is 1. The van der Waals surface area contributed by atoms with Crippen LogP contribution in [0.25, 0.3) is 0 Å². The molecule has 0 radical (unpaired) electrons. The lowest BCUT2D eigenvalue weighted by molar-refractivity contribution is 0.0997. The van der Waals surface area contributed by atoms with Gasteiger partial charge in [0.05, 0.1) is 12.3 Å². The van der Waals surface area contributed by atoms with Gasteiger partial charge in [0, 0.05) is 21.7 Å². The van der Waals surface area contributed by atoms with Crippen molar-refractivity contribution in [2.24, 2.45) is 0 Å². The second-order valence-corrected chi connectivity index (χ2v) is 9.27. The molecule has 1 aliphatic carbocycles. The molecule has 1 atom stereocenters. The van der Waals surface area contributed by atoms with E-state index in [1.807, 2.05) is 42.5 Å². The molecule has 0 unspecified atom stereocenters. The summed E-state index contributed by atoms with van der Waals surface area (Å²) in [5.41, 5.74) is 3.47. The zero-order valence-electron chi connectivity index (χ0n) is 17.3. The van der Waals surface area contributed by atoms with E-state index in [1.165, 1.54) is 16.7 Å².